The summed E-state index contributed by atoms with van der Waals surface area (Å²) in [5, 5.41) is 5.96. The Hall–Kier alpha value is -2.53. The number of carbonyl (C=O) groups is 1. The molecule has 2 aromatic carbocycles. The van der Waals surface area contributed by atoms with Gasteiger partial charge in [0, 0.05) is 19.2 Å². The molecule has 2 aromatic rings. The van der Waals surface area contributed by atoms with Crippen LogP contribution >= 0.6 is 0 Å². The molecule has 0 spiro atoms. The minimum Gasteiger partial charge on any atom is -0.497 e. The van der Waals surface area contributed by atoms with Gasteiger partial charge in [-0.05, 0) is 36.1 Å². The SMILES string of the molecule is COc1ccc(CNC(=O)N[C@H]2CCO[C@H](c3ccccc3)C2)cc1. The Kier molecular flexibility index (Phi) is 5.90. The summed E-state index contributed by atoms with van der Waals surface area (Å²) in [7, 11) is 1.64. The molecule has 5 heteroatoms. The van der Waals surface area contributed by atoms with E-state index in [0.717, 1.165) is 29.7 Å². The van der Waals surface area contributed by atoms with Crippen LogP contribution in [0.5, 0.6) is 5.75 Å². The second kappa shape index (κ2) is 8.53. The number of nitrogens with one attached hydrogen (secondary N) is 2. The van der Waals surface area contributed by atoms with Crippen molar-refractivity contribution >= 4 is 6.03 Å². The third-order valence-electron chi connectivity index (χ3n) is 4.40. The van der Waals surface area contributed by atoms with Crippen LogP contribution in [0, 0.1) is 0 Å². The zero-order valence-electron chi connectivity index (χ0n) is 14.4. The molecule has 1 aliphatic rings. The number of hydrogen-bond acceptors (Lipinski definition) is 3. The van der Waals surface area contributed by atoms with Gasteiger partial charge in [-0.25, -0.2) is 4.79 Å². The van der Waals surface area contributed by atoms with Crippen LogP contribution < -0.4 is 15.4 Å². The zero-order valence-corrected chi connectivity index (χ0v) is 14.4. The fourth-order valence-corrected chi connectivity index (χ4v) is 2.99. The molecule has 0 aromatic heterocycles. The molecule has 1 fully saturated rings. The lowest BCUT2D eigenvalue weighted by atomic mass is 9.97. The van der Waals surface area contributed by atoms with Gasteiger partial charge in [0.05, 0.1) is 13.2 Å². The van der Waals surface area contributed by atoms with E-state index in [9.17, 15) is 4.79 Å². The summed E-state index contributed by atoms with van der Waals surface area (Å²) < 4.78 is 11.0. The Labute approximate surface area is 148 Å². The van der Waals surface area contributed by atoms with Crippen LogP contribution in [0.1, 0.15) is 30.1 Å². The quantitative estimate of drug-likeness (QED) is 0.877. The number of methoxy groups -OCH3 is 1. The molecule has 0 aliphatic carbocycles. The second-order valence-corrected chi connectivity index (χ2v) is 6.17. The van der Waals surface area contributed by atoms with E-state index in [1.54, 1.807) is 7.11 Å². The van der Waals surface area contributed by atoms with Crippen LogP contribution in [0.2, 0.25) is 0 Å². The van der Waals surface area contributed by atoms with Crippen molar-refractivity contribution in [3.63, 3.8) is 0 Å². The van der Waals surface area contributed by atoms with Gasteiger partial charge in [-0.3, -0.25) is 0 Å². The van der Waals surface area contributed by atoms with Crippen molar-refractivity contribution in [2.45, 2.75) is 31.5 Å². The zero-order chi connectivity index (χ0) is 17.5. The summed E-state index contributed by atoms with van der Waals surface area (Å²) in [5.74, 6) is 0.808. The van der Waals surface area contributed by atoms with Crippen LogP contribution in [0.15, 0.2) is 54.6 Å². The fourth-order valence-electron chi connectivity index (χ4n) is 2.99. The molecule has 1 saturated heterocycles. The first-order valence-corrected chi connectivity index (χ1v) is 8.58. The normalized spacial score (nSPS) is 19.9. The third kappa shape index (κ3) is 4.97. The summed E-state index contributed by atoms with van der Waals surface area (Å²) >= 11 is 0. The second-order valence-electron chi connectivity index (χ2n) is 6.17. The van der Waals surface area contributed by atoms with Crippen molar-refractivity contribution in [2.75, 3.05) is 13.7 Å². The molecular formula is C20H24N2O3. The highest BCUT2D eigenvalue weighted by molar-refractivity contribution is 5.74. The lowest BCUT2D eigenvalue weighted by molar-refractivity contribution is 0.00225. The summed E-state index contributed by atoms with van der Waals surface area (Å²) in [6.07, 6.45) is 1.67. The van der Waals surface area contributed by atoms with Crippen molar-refractivity contribution in [1.82, 2.24) is 10.6 Å². The molecule has 25 heavy (non-hydrogen) atoms. The number of benzene rings is 2. The molecule has 1 heterocycles. The van der Waals surface area contributed by atoms with Crippen LogP contribution in [-0.4, -0.2) is 25.8 Å². The highest BCUT2D eigenvalue weighted by Gasteiger charge is 2.24. The van der Waals surface area contributed by atoms with Gasteiger partial charge in [0.25, 0.3) is 0 Å². The van der Waals surface area contributed by atoms with Gasteiger partial charge >= 0.3 is 6.03 Å². The molecular weight excluding hydrogens is 316 g/mol. The Balaban J connectivity index is 1.47. The summed E-state index contributed by atoms with van der Waals surface area (Å²) in [5.41, 5.74) is 2.19. The largest absolute Gasteiger partial charge is 0.497 e. The standard InChI is InChI=1S/C20H24N2O3/c1-24-18-9-7-15(8-10-18)14-21-20(23)22-17-11-12-25-19(13-17)16-5-3-2-4-6-16/h2-10,17,19H,11-14H2,1H3,(H2,21,22,23)/t17-,19-/m0/s1. The lowest BCUT2D eigenvalue weighted by Gasteiger charge is -2.30. The van der Waals surface area contributed by atoms with E-state index in [4.69, 9.17) is 9.47 Å². The van der Waals surface area contributed by atoms with E-state index < -0.39 is 0 Å². The smallest absolute Gasteiger partial charge is 0.315 e. The molecule has 0 radical (unpaired) electrons. The lowest BCUT2D eigenvalue weighted by Crippen LogP contribution is -2.44. The van der Waals surface area contributed by atoms with Crippen LogP contribution in [0.4, 0.5) is 4.79 Å². The predicted octanol–water partition coefficient (Wildman–Crippen LogP) is 3.41. The van der Waals surface area contributed by atoms with Gasteiger partial charge in [-0.1, -0.05) is 42.5 Å². The Bertz CT molecular complexity index is 673. The van der Waals surface area contributed by atoms with Crippen LogP contribution in [0.25, 0.3) is 0 Å². The fraction of sp³-hybridized carbons (Fsp3) is 0.350. The summed E-state index contributed by atoms with van der Waals surface area (Å²) in [6, 6.07) is 17.8. The minimum absolute atomic E-state index is 0.0434. The van der Waals surface area contributed by atoms with E-state index in [2.05, 4.69) is 22.8 Å². The van der Waals surface area contributed by atoms with E-state index in [0.29, 0.717) is 13.2 Å². The van der Waals surface area contributed by atoms with Gasteiger partial charge in [-0.2, -0.15) is 0 Å². The average Bonchev–Trinajstić information content (AvgIpc) is 2.68. The molecule has 5 nitrogen and oxygen atoms in total. The van der Waals surface area contributed by atoms with Gasteiger partial charge in [0.15, 0.2) is 0 Å². The van der Waals surface area contributed by atoms with E-state index in [1.165, 1.54) is 0 Å². The first-order chi connectivity index (χ1) is 12.2. The van der Waals surface area contributed by atoms with Gasteiger partial charge in [0.1, 0.15) is 5.75 Å². The first kappa shape index (κ1) is 17.3. The third-order valence-corrected chi connectivity index (χ3v) is 4.40. The van der Waals surface area contributed by atoms with Gasteiger partial charge < -0.3 is 20.1 Å². The van der Waals surface area contributed by atoms with Crippen molar-refractivity contribution in [3.8, 4) is 5.75 Å². The predicted molar refractivity (Wildman–Crippen MR) is 96.5 cm³/mol. The highest BCUT2D eigenvalue weighted by Crippen LogP contribution is 2.27. The molecule has 132 valence electrons. The monoisotopic (exact) mass is 340 g/mol. The Morgan fingerprint density at radius 1 is 1.16 bits per heavy atom. The van der Waals surface area contributed by atoms with Crippen molar-refractivity contribution in [3.05, 3.63) is 65.7 Å². The molecule has 2 atom stereocenters. The molecule has 2 N–H and O–H groups in total. The van der Waals surface area contributed by atoms with E-state index >= 15 is 0 Å². The number of urea groups is 1. The molecule has 1 aliphatic heterocycles. The average molecular weight is 340 g/mol. The maximum atomic E-state index is 12.2. The number of carbonyl (C=O) groups excluding carboxylic acids is 1. The topological polar surface area (TPSA) is 59.6 Å². The van der Waals surface area contributed by atoms with Crippen LogP contribution in [0.3, 0.4) is 0 Å². The maximum absolute atomic E-state index is 12.2. The number of amides is 2. The molecule has 0 bridgehead atoms. The number of ether oxygens (including phenoxy) is 2. The molecule has 3 rings (SSSR count). The summed E-state index contributed by atoms with van der Waals surface area (Å²) in [4.78, 5) is 12.2. The summed E-state index contributed by atoms with van der Waals surface area (Å²) in [6.45, 7) is 1.14. The Morgan fingerprint density at radius 2 is 1.92 bits per heavy atom. The Morgan fingerprint density at radius 3 is 2.64 bits per heavy atom. The first-order valence-electron chi connectivity index (χ1n) is 8.58. The van der Waals surface area contributed by atoms with Crippen molar-refractivity contribution in [2.24, 2.45) is 0 Å². The van der Waals surface area contributed by atoms with Crippen LogP contribution in [-0.2, 0) is 11.3 Å². The van der Waals surface area contributed by atoms with Gasteiger partial charge in [-0.15, -0.1) is 0 Å². The minimum atomic E-state index is -0.144. The molecule has 0 unspecified atom stereocenters. The van der Waals surface area contributed by atoms with Crippen molar-refractivity contribution < 1.29 is 14.3 Å². The molecule has 0 saturated carbocycles. The highest BCUT2D eigenvalue weighted by atomic mass is 16.5. The van der Waals surface area contributed by atoms with E-state index in [-0.39, 0.29) is 18.2 Å². The van der Waals surface area contributed by atoms with E-state index in [1.807, 2.05) is 42.5 Å². The number of rotatable bonds is 5. The van der Waals surface area contributed by atoms with Gasteiger partial charge in [0.2, 0.25) is 0 Å². The van der Waals surface area contributed by atoms with Crippen molar-refractivity contribution in [1.29, 1.82) is 0 Å². The maximum Gasteiger partial charge on any atom is 0.315 e. The molecule has 2 amide bonds. The number of hydrogen-bond donors (Lipinski definition) is 2.